The fraction of sp³-hybridized carbons (Fsp3) is 0.269. The van der Waals surface area contributed by atoms with Crippen molar-refractivity contribution in [1.29, 1.82) is 0 Å². The number of halogens is 1. The van der Waals surface area contributed by atoms with E-state index in [1.165, 1.54) is 16.5 Å². The van der Waals surface area contributed by atoms with Gasteiger partial charge in [0.1, 0.15) is 16.9 Å². The zero-order valence-corrected chi connectivity index (χ0v) is 20.7. The summed E-state index contributed by atoms with van der Waals surface area (Å²) in [6.45, 7) is 4.94. The Hall–Kier alpha value is -3.82. The molecule has 4 rings (SSSR count). The first-order chi connectivity index (χ1) is 17.4. The Morgan fingerprint density at radius 2 is 1.92 bits per heavy atom. The molecule has 36 heavy (non-hydrogen) atoms. The molecule has 0 aliphatic rings. The number of nitrogens with zero attached hydrogens (tertiary/aromatic N) is 4. The van der Waals surface area contributed by atoms with Crippen LogP contribution in [-0.4, -0.2) is 45.6 Å². The standard InChI is InChI=1S/C26H25ClN4O5/c1-3-35-14-8-13-31-22-19(25(33)30-12-6-5-11-21(30)28-22)16-20(26(34)36-4-2)23(31)29-24(32)17-9-7-10-18(27)15-17/h5-7,9-12,15-16H,3-4,8,13-14H2,1-2H3. The maximum Gasteiger partial charge on any atom is 0.341 e. The molecule has 0 aliphatic heterocycles. The van der Waals surface area contributed by atoms with Crippen molar-refractivity contribution >= 4 is 40.2 Å². The summed E-state index contributed by atoms with van der Waals surface area (Å²) in [5.41, 5.74) is 0.663. The second-order valence-corrected chi connectivity index (χ2v) is 8.25. The molecule has 3 heterocycles. The van der Waals surface area contributed by atoms with Crippen LogP contribution in [0.2, 0.25) is 5.02 Å². The number of carbonyl (C=O) groups excluding carboxylic acids is 2. The van der Waals surface area contributed by atoms with Crippen molar-refractivity contribution in [3.8, 4) is 0 Å². The Balaban J connectivity index is 2.06. The first-order valence-electron chi connectivity index (χ1n) is 11.6. The molecule has 0 unspecified atom stereocenters. The first kappa shape index (κ1) is 25.3. The van der Waals surface area contributed by atoms with E-state index in [-0.39, 0.29) is 34.2 Å². The highest BCUT2D eigenvalue weighted by Gasteiger charge is 2.20. The quantitative estimate of drug-likeness (QED) is 0.204. The monoisotopic (exact) mass is 508 g/mol. The summed E-state index contributed by atoms with van der Waals surface area (Å²) in [5, 5.41) is 0.582. The maximum atomic E-state index is 13.4. The van der Waals surface area contributed by atoms with Crippen LogP contribution in [0.5, 0.6) is 0 Å². The van der Waals surface area contributed by atoms with E-state index in [9.17, 15) is 14.4 Å². The van der Waals surface area contributed by atoms with E-state index in [0.717, 1.165) is 0 Å². The van der Waals surface area contributed by atoms with Crippen LogP contribution < -0.4 is 11.0 Å². The van der Waals surface area contributed by atoms with Crippen LogP contribution in [0.15, 0.2) is 64.5 Å². The molecule has 10 heteroatoms. The summed E-state index contributed by atoms with van der Waals surface area (Å²) in [4.78, 5) is 48.5. The summed E-state index contributed by atoms with van der Waals surface area (Å²) in [6.07, 6.45) is 2.14. The van der Waals surface area contributed by atoms with Gasteiger partial charge < -0.3 is 14.0 Å². The summed E-state index contributed by atoms with van der Waals surface area (Å²) in [7, 11) is 0. The van der Waals surface area contributed by atoms with E-state index in [1.807, 2.05) is 6.92 Å². The Morgan fingerprint density at radius 1 is 1.08 bits per heavy atom. The molecule has 9 nitrogen and oxygen atoms in total. The zero-order chi connectivity index (χ0) is 25.7. The van der Waals surface area contributed by atoms with Gasteiger partial charge in [0.2, 0.25) is 0 Å². The minimum absolute atomic E-state index is 0.00841. The molecule has 0 fully saturated rings. The maximum absolute atomic E-state index is 13.4. The van der Waals surface area contributed by atoms with E-state index >= 15 is 0 Å². The first-order valence-corrected chi connectivity index (χ1v) is 12.0. The topological polar surface area (TPSA) is 104 Å². The predicted molar refractivity (Wildman–Crippen MR) is 135 cm³/mol. The van der Waals surface area contributed by atoms with Gasteiger partial charge in [-0.25, -0.2) is 9.78 Å². The largest absolute Gasteiger partial charge is 0.462 e. The number of aromatic nitrogens is 3. The molecule has 186 valence electrons. The molecule has 0 saturated heterocycles. The Bertz CT molecular complexity index is 1570. The molecule has 4 aromatic rings. The molecule has 1 aromatic carbocycles. The van der Waals surface area contributed by atoms with Gasteiger partial charge in [-0.15, -0.1) is 0 Å². The number of esters is 1. The van der Waals surface area contributed by atoms with Crippen LogP contribution >= 0.6 is 11.6 Å². The van der Waals surface area contributed by atoms with Crippen molar-refractivity contribution in [3.05, 3.63) is 86.7 Å². The second-order valence-electron chi connectivity index (χ2n) is 7.81. The number of benzene rings is 1. The number of aryl methyl sites for hydroxylation is 1. The number of hydrogen-bond donors (Lipinski definition) is 0. The van der Waals surface area contributed by atoms with Crippen molar-refractivity contribution < 1.29 is 19.1 Å². The van der Waals surface area contributed by atoms with Crippen LogP contribution in [0.25, 0.3) is 16.7 Å². The fourth-order valence-electron chi connectivity index (χ4n) is 3.82. The van der Waals surface area contributed by atoms with E-state index in [0.29, 0.717) is 42.5 Å². The molecule has 0 spiro atoms. The molecule has 0 atom stereocenters. The lowest BCUT2D eigenvalue weighted by atomic mass is 10.2. The van der Waals surface area contributed by atoms with Crippen molar-refractivity contribution in [1.82, 2.24) is 14.0 Å². The van der Waals surface area contributed by atoms with Gasteiger partial charge in [-0.3, -0.25) is 14.0 Å². The van der Waals surface area contributed by atoms with E-state index in [2.05, 4.69) is 9.98 Å². The smallest absolute Gasteiger partial charge is 0.341 e. The third-order valence-corrected chi connectivity index (χ3v) is 5.67. The molecular weight excluding hydrogens is 484 g/mol. The van der Waals surface area contributed by atoms with Crippen molar-refractivity contribution in [3.63, 3.8) is 0 Å². The number of fused-ring (bicyclic) bond motifs is 2. The van der Waals surface area contributed by atoms with Crippen molar-refractivity contribution in [2.24, 2.45) is 4.99 Å². The number of ether oxygens (including phenoxy) is 2. The molecule has 0 saturated carbocycles. The van der Waals surface area contributed by atoms with E-state index in [4.69, 9.17) is 21.1 Å². The van der Waals surface area contributed by atoms with Gasteiger partial charge in [-0.2, -0.15) is 4.99 Å². The molecule has 3 aromatic heterocycles. The van der Waals surface area contributed by atoms with Crippen LogP contribution in [-0.2, 0) is 16.0 Å². The fourth-order valence-corrected chi connectivity index (χ4v) is 4.01. The van der Waals surface area contributed by atoms with Crippen LogP contribution in [0.3, 0.4) is 0 Å². The molecule has 0 bridgehead atoms. The number of rotatable bonds is 8. The molecule has 0 aliphatic carbocycles. The predicted octanol–water partition coefficient (Wildman–Crippen LogP) is 3.65. The van der Waals surface area contributed by atoms with Gasteiger partial charge in [0.05, 0.1) is 12.0 Å². The Morgan fingerprint density at radius 3 is 2.67 bits per heavy atom. The average Bonchev–Trinajstić information content (AvgIpc) is 2.87. The summed E-state index contributed by atoms with van der Waals surface area (Å²) in [6, 6.07) is 13.0. The van der Waals surface area contributed by atoms with E-state index < -0.39 is 11.9 Å². The van der Waals surface area contributed by atoms with Crippen LogP contribution in [0.4, 0.5) is 0 Å². The molecular formula is C26H25ClN4O5. The van der Waals surface area contributed by atoms with Gasteiger partial charge in [0, 0.05) is 36.5 Å². The zero-order valence-electron chi connectivity index (χ0n) is 19.9. The van der Waals surface area contributed by atoms with Gasteiger partial charge in [-0.1, -0.05) is 23.7 Å². The lowest BCUT2D eigenvalue weighted by Crippen LogP contribution is -2.33. The molecule has 0 N–H and O–H groups in total. The second kappa shape index (κ2) is 11.3. The van der Waals surface area contributed by atoms with E-state index in [1.54, 1.807) is 54.1 Å². The number of amides is 1. The lowest BCUT2D eigenvalue weighted by molar-refractivity contribution is 0.0523. The highest BCUT2D eigenvalue weighted by atomic mass is 35.5. The summed E-state index contributed by atoms with van der Waals surface area (Å²) < 4.78 is 13.7. The van der Waals surface area contributed by atoms with Crippen LogP contribution in [0.1, 0.15) is 41.0 Å². The van der Waals surface area contributed by atoms with Gasteiger partial charge >= 0.3 is 5.97 Å². The minimum Gasteiger partial charge on any atom is -0.462 e. The van der Waals surface area contributed by atoms with Gasteiger partial charge in [0.25, 0.3) is 11.5 Å². The highest BCUT2D eigenvalue weighted by molar-refractivity contribution is 6.31. The molecule has 1 amide bonds. The number of pyridine rings is 2. The third-order valence-electron chi connectivity index (χ3n) is 5.44. The Kier molecular flexibility index (Phi) is 7.92. The van der Waals surface area contributed by atoms with Crippen molar-refractivity contribution in [2.45, 2.75) is 26.8 Å². The van der Waals surface area contributed by atoms with Crippen LogP contribution in [0, 0.1) is 0 Å². The average molecular weight is 509 g/mol. The molecule has 0 radical (unpaired) electrons. The Labute approximate surface area is 211 Å². The van der Waals surface area contributed by atoms with Crippen molar-refractivity contribution in [2.75, 3.05) is 19.8 Å². The highest BCUT2D eigenvalue weighted by Crippen LogP contribution is 2.14. The van der Waals surface area contributed by atoms with Gasteiger partial charge in [-0.05, 0) is 56.7 Å². The normalized spacial score (nSPS) is 11.8. The summed E-state index contributed by atoms with van der Waals surface area (Å²) in [5.74, 6) is -1.30. The SMILES string of the molecule is CCOCCCn1c(=NC(=O)c2cccc(Cl)c2)c(C(=O)OCC)cc2c(=O)n3ccccc3nc21. The summed E-state index contributed by atoms with van der Waals surface area (Å²) >= 11 is 6.06. The number of carbonyl (C=O) groups is 2. The lowest BCUT2D eigenvalue weighted by Gasteiger charge is -2.15. The number of hydrogen-bond acceptors (Lipinski definition) is 6. The van der Waals surface area contributed by atoms with Gasteiger partial charge in [0.15, 0.2) is 5.49 Å². The minimum atomic E-state index is -0.701. The third kappa shape index (κ3) is 5.22.